The van der Waals surface area contributed by atoms with Crippen LogP contribution in [-0.4, -0.2) is 21.4 Å². The van der Waals surface area contributed by atoms with Crippen LogP contribution in [0.15, 0.2) is 30.5 Å². The maximum absolute atomic E-state index is 13.6. The highest BCUT2D eigenvalue weighted by Crippen LogP contribution is 2.29. The molecule has 0 amide bonds. The van der Waals surface area contributed by atoms with Gasteiger partial charge in [-0.25, -0.2) is 4.39 Å². The highest BCUT2D eigenvalue weighted by atomic mass is 19.1. The van der Waals surface area contributed by atoms with E-state index in [2.05, 4.69) is 10.4 Å². The summed E-state index contributed by atoms with van der Waals surface area (Å²) in [6, 6.07) is 6.55. The predicted octanol–water partition coefficient (Wildman–Crippen LogP) is 2.26. The van der Waals surface area contributed by atoms with Gasteiger partial charge in [-0.15, -0.1) is 0 Å². The number of aliphatic hydroxyl groups excluding tert-OH is 1. The van der Waals surface area contributed by atoms with Gasteiger partial charge in [0.25, 0.3) is 0 Å². The Hall–Kier alpha value is -1.72. The molecule has 21 heavy (non-hydrogen) atoms. The van der Waals surface area contributed by atoms with Crippen LogP contribution < -0.4 is 5.32 Å². The van der Waals surface area contributed by atoms with Crippen molar-refractivity contribution in [3.63, 3.8) is 0 Å². The van der Waals surface area contributed by atoms with Crippen LogP contribution in [0.3, 0.4) is 0 Å². The van der Waals surface area contributed by atoms with E-state index in [1.807, 2.05) is 17.9 Å². The SMILES string of the molecule is Cn1ncc2c1CCCC2NCC(O)c1ccccc1F. The van der Waals surface area contributed by atoms with Crippen molar-refractivity contribution < 1.29 is 9.50 Å². The van der Waals surface area contributed by atoms with Gasteiger partial charge in [-0.05, 0) is 25.3 Å². The Morgan fingerprint density at radius 2 is 2.29 bits per heavy atom. The average Bonchev–Trinajstić information content (AvgIpc) is 2.87. The first-order valence-electron chi connectivity index (χ1n) is 7.33. The molecule has 0 aliphatic heterocycles. The van der Waals surface area contributed by atoms with Crippen molar-refractivity contribution in [1.29, 1.82) is 0 Å². The van der Waals surface area contributed by atoms with Crippen LogP contribution in [0, 0.1) is 5.82 Å². The van der Waals surface area contributed by atoms with Crippen molar-refractivity contribution in [1.82, 2.24) is 15.1 Å². The molecule has 0 saturated carbocycles. The van der Waals surface area contributed by atoms with Crippen molar-refractivity contribution in [2.24, 2.45) is 7.05 Å². The lowest BCUT2D eigenvalue weighted by Gasteiger charge is -2.25. The minimum Gasteiger partial charge on any atom is -0.387 e. The highest BCUT2D eigenvalue weighted by Gasteiger charge is 2.24. The fourth-order valence-corrected chi connectivity index (χ4v) is 3.03. The molecule has 0 spiro atoms. The Labute approximate surface area is 123 Å². The molecule has 0 fully saturated rings. The second-order valence-electron chi connectivity index (χ2n) is 5.56. The van der Waals surface area contributed by atoms with Crippen LogP contribution in [0.5, 0.6) is 0 Å². The number of halogens is 1. The molecular formula is C16H20FN3O. The number of aliphatic hydroxyl groups is 1. The molecule has 1 aliphatic carbocycles. The minimum absolute atomic E-state index is 0.184. The fourth-order valence-electron chi connectivity index (χ4n) is 3.03. The summed E-state index contributed by atoms with van der Waals surface area (Å²) in [5.41, 5.74) is 2.79. The first-order chi connectivity index (χ1) is 10.2. The zero-order valence-corrected chi connectivity index (χ0v) is 12.1. The molecule has 1 aromatic carbocycles. The number of nitrogens with one attached hydrogen (secondary N) is 1. The van der Waals surface area contributed by atoms with Gasteiger partial charge in [0.15, 0.2) is 0 Å². The highest BCUT2D eigenvalue weighted by molar-refractivity contribution is 5.25. The van der Waals surface area contributed by atoms with Crippen molar-refractivity contribution in [3.05, 3.63) is 53.1 Å². The second kappa shape index (κ2) is 5.95. The van der Waals surface area contributed by atoms with Crippen LogP contribution in [0.4, 0.5) is 4.39 Å². The van der Waals surface area contributed by atoms with E-state index in [0.29, 0.717) is 12.1 Å². The van der Waals surface area contributed by atoms with Crippen LogP contribution in [0.25, 0.3) is 0 Å². The Morgan fingerprint density at radius 3 is 3.10 bits per heavy atom. The van der Waals surface area contributed by atoms with Gasteiger partial charge in [-0.1, -0.05) is 18.2 Å². The molecule has 112 valence electrons. The van der Waals surface area contributed by atoms with Gasteiger partial charge in [-0.2, -0.15) is 5.10 Å². The number of aryl methyl sites for hydroxylation is 1. The third-order valence-corrected chi connectivity index (χ3v) is 4.20. The van der Waals surface area contributed by atoms with Crippen molar-refractivity contribution in [2.75, 3.05) is 6.54 Å². The molecule has 2 atom stereocenters. The van der Waals surface area contributed by atoms with Crippen LogP contribution in [-0.2, 0) is 13.5 Å². The number of aromatic nitrogens is 2. The Kier molecular flexibility index (Phi) is 4.03. The van der Waals surface area contributed by atoms with E-state index < -0.39 is 6.10 Å². The fraction of sp³-hybridized carbons (Fsp3) is 0.438. The molecule has 0 bridgehead atoms. The molecule has 2 unspecified atom stereocenters. The van der Waals surface area contributed by atoms with Crippen LogP contribution in [0.2, 0.25) is 0 Å². The van der Waals surface area contributed by atoms with Gasteiger partial charge in [-0.3, -0.25) is 4.68 Å². The van der Waals surface area contributed by atoms with E-state index in [9.17, 15) is 9.50 Å². The maximum atomic E-state index is 13.6. The Balaban J connectivity index is 1.67. The van der Waals surface area contributed by atoms with Gasteiger partial charge in [0.05, 0.1) is 12.3 Å². The minimum atomic E-state index is -0.840. The smallest absolute Gasteiger partial charge is 0.129 e. The third kappa shape index (κ3) is 2.84. The topological polar surface area (TPSA) is 50.1 Å². The molecule has 2 aromatic rings. The lowest BCUT2D eigenvalue weighted by atomic mass is 9.92. The summed E-state index contributed by atoms with van der Waals surface area (Å²) < 4.78 is 15.6. The van der Waals surface area contributed by atoms with E-state index >= 15 is 0 Å². The van der Waals surface area contributed by atoms with Gasteiger partial charge in [0.2, 0.25) is 0 Å². The predicted molar refractivity (Wildman–Crippen MR) is 78.2 cm³/mol. The summed E-state index contributed by atoms with van der Waals surface area (Å²) in [7, 11) is 1.95. The summed E-state index contributed by atoms with van der Waals surface area (Å²) in [6.45, 7) is 0.333. The number of hydrogen-bond donors (Lipinski definition) is 2. The van der Waals surface area contributed by atoms with E-state index in [1.165, 1.54) is 17.3 Å². The molecule has 5 heteroatoms. The second-order valence-corrected chi connectivity index (χ2v) is 5.56. The van der Waals surface area contributed by atoms with Crippen LogP contribution >= 0.6 is 0 Å². The Bertz CT molecular complexity index is 626. The molecular weight excluding hydrogens is 269 g/mol. The normalized spacial score (nSPS) is 19.3. The standard InChI is InChI=1S/C16H20FN3O/c1-20-15-8-4-7-14(12(15)9-19-20)18-10-16(21)11-5-2-3-6-13(11)17/h2-3,5-6,9,14,16,18,21H,4,7-8,10H2,1H3. The average molecular weight is 289 g/mol. The van der Waals surface area contributed by atoms with Gasteiger partial charge >= 0.3 is 0 Å². The van der Waals surface area contributed by atoms with Gasteiger partial charge < -0.3 is 10.4 Å². The molecule has 0 radical (unpaired) electrons. The molecule has 1 heterocycles. The lowest BCUT2D eigenvalue weighted by Crippen LogP contribution is -2.29. The molecule has 1 aromatic heterocycles. The lowest BCUT2D eigenvalue weighted by molar-refractivity contribution is 0.163. The number of hydrogen-bond acceptors (Lipinski definition) is 3. The molecule has 1 aliphatic rings. The monoisotopic (exact) mass is 289 g/mol. The first-order valence-corrected chi connectivity index (χ1v) is 7.33. The van der Waals surface area contributed by atoms with Crippen molar-refractivity contribution in [3.8, 4) is 0 Å². The molecule has 4 nitrogen and oxygen atoms in total. The van der Waals surface area contributed by atoms with Gasteiger partial charge in [0, 0.05) is 36.5 Å². The number of benzene rings is 1. The quantitative estimate of drug-likeness (QED) is 0.907. The van der Waals surface area contributed by atoms with Crippen LogP contribution in [0.1, 0.15) is 41.8 Å². The summed E-state index contributed by atoms with van der Waals surface area (Å²) in [5, 5.41) is 17.8. The first kappa shape index (κ1) is 14.2. The summed E-state index contributed by atoms with van der Waals surface area (Å²) >= 11 is 0. The Morgan fingerprint density at radius 1 is 1.48 bits per heavy atom. The third-order valence-electron chi connectivity index (χ3n) is 4.20. The number of fused-ring (bicyclic) bond motifs is 1. The van der Waals surface area contributed by atoms with Crippen molar-refractivity contribution in [2.45, 2.75) is 31.4 Å². The van der Waals surface area contributed by atoms with E-state index in [-0.39, 0.29) is 11.9 Å². The van der Waals surface area contributed by atoms with E-state index in [1.54, 1.807) is 18.2 Å². The number of rotatable bonds is 4. The molecule has 0 saturated heterocycles. The largest absolute Gasteiger partial charge is 0.387 e. The zero-order chi connectivity index (χ0) is 14.8. The van der Waals surface area contributed by atoms with Gasteiger partial charge in [0.1, 0.15) is 5.82 Å². The van der Waals surface area contributed by atoms with E-state index in [4.69, 9.17) is 0 Å². The number of nitrogens with zero attached hydrogens (tertiary/aromatic N) is 2. The summed E-state index contributed by atoms with van der Waals surface area (Å²) in [6.07, 6.45) is 4.21. The molecule has 2 N–H and O–H groups in total. The summed E-state index contributed by atoms with van der Waals surface area (Å²) in [4.78, 5) is 0. The zero-order valence-electron chi connectivity index (χ0n) is 12.1. The van der Waals surface area contributed by atoms with E-state index in [0.717, 1.165) is 19.3 Å². The van der Waals surface area contributed by atoms with Crippen molar-refractivity contribution >= 4 is 0 Å². The molecule has 3 rings (SSSR count). The summed E-state index contributed by atoms with van der Waals surface area (Å²) in [5.74, 6) is -0.363. The maximum Gasteiger partial charge on any atom is 0.129 e.